The lowest BCUT2D eigenvalue weighted by Gasteiger charge is -2.36. The van der Waals surface area contributed by atoms with Crippen LogP contribution in [0.4, 0.5) is 0 Å². The van der Waals surface area contributed by atoms with Crippen LogP contribution in [0.2, 0.25) is 0 Å². The first-order valence-electron chi connectivity index (χ1n) is 12.8. The second-order valence-electron chi connectivity index (χ2n) is 9.74. The quantitative estimate of drug-likeness (QED) is 0.477. The average molecular weight is 562 g/mol. The van der Waals surface area contributed by atoms with Crippen LogP contribution in [0.5, 0.6) is 0 Å². The number of carbonyl (C=O) groups excluding carboxylic acids is 1. The fourth-order valence-electron chi connectivity index (χ4n) is 5.06. The van der Waals surface area contributed by atoms with Gasteiger partial charge in [-0.15, -0.1) is 0 Å². The van der Waals surface area contributed by atoms with E-state index in [-0.39, 0.29) is 23.4 Å². The van der Waals surface area contributed by atoms with Crippen molar-refractivity contribution in [2.45, 2.75) is 49.1 Å². The molecule has 1 unspecified atom stereocenters. The van der Waals surface area contributed by atoms with E-state index in [1.165, 1.54) is 4.31 Å². The number of benzene rings is 2. The highest BCUT2D eigenvalue weighted by Crippen LogP contribution is 2.30. The van der Waals surface area contributed by atoms with Gasteiger partial charge in [0.1, 0.15) is 0 Å². The van der Waals surface area contributed by atoms with E-state index in [4.69, 9.17) is 4.74 Å². The third kappa shape index (κ3) is 6.52. The SMILES string of the molecule is C=CS(=O)(=O)NC[C@H]1CCCN1S(=O)(=O)c1ccc(C(Cc2ccccc2)C(=O)N2CCOC[C@H]2C)cc1. The van der Waals surface area contributed by atoms with Crippen molar-refractivity contribution in [2.24, 2.45) is 0 Å². The number of ether oxygens (including phenoxy) is 1. The highest BCUT2D eigenvalue weighted by atomic mass is 32.2. The summed E-state index contributed by atoms with van der Waals surface area (Å²) in [5.41, 5.74) is 1.76. The van der Waals surface area contributed by atoms with E-state index >= 15 is 0 Å². The lowest BCUT2D eigenvalue weighted by Crippen LogP contribution is -2.49. The molecule has 0 bridgehead atoms. The first-order valence-corrected chi connectivity index (χ1v) is 15.8. The Morgan fingerprint density at radius 2 is 1.82 bits per heavy atom. The average Bonchev–Trinajstić information content (AvgIpc) is 3.41. The molecule has 2 aliphatic heterocycles. The zero-order valence-electron chi connectivity index (χ0n) is 21.5. The number of nitrogens with zero attached hydrogens (tertiary/aromatic N) is 2. The van der Waals surface area contributed by atoms with Gasteiger partial charge in [-0.25, -0.2) is 21.6 Å². The highest BCUT2D eigenvalue weighted by Gasteiger charge is 2.36. The molecule has 1 N–H and O–H groups in total. The molecule has 0 radical (unpaired) electrons. The number of nitrogens with one attached hydrogen (secondary N) is 1. The molecule has 4 rings (SSSR count). The fraction of sp³-hybridized carbons (Fsp3) is 0.444. The Kier molecular flexibility index (Phi) is 9.04. The van der Waals surface area contributed by atoms with Gasteiger partial charge in [0.15, 0.2) is 0 Å². The van der Waals surface area contributed by atoms with Gasteiger partial charge in [0.2, 0.25) is 26.0 Å². The molecule has 2 saturated heterocycles. The fourth-order valence-corrected chi connectivity index (χ4v) is 7.30. The lowest BCUT2D eigenvalue weighted by atomic mass is 9.90. The van der Waals surface area contributed by atoms with Gasteiger partial charge < -0.3 is 9.64 Å². The predicted octanol–water partition coefficient (Wildman–Crippen LogP) is 2.48. The molecule has 0 aliphatic carbocycles. The molecule has 0 saturated carbocycles. The molecule has 2 aromatic rings. The number of hydrogen-bond acceptors (Lipinski definition) is 6. The summed E-state index contributed by atoms with van der Waals surface area (Å²) in [6.07, 6.45) is 1.69. The van der Waals surface area contributed by atoms with Gasteiger partial charge in [-0.2, -0.15) is 4.31 Å². The molecule has 2 aliphatic rings. The van der Waals surface area contributed by atoms with Crippen molar-refractivity contribution in [1.82, 2.24) is 13.9 Å². The number of carbonyl (C=O) groups is 1. The summed E-state index contributed by atoms with van der Waals surface area (Å²) in [5.74, 6) is -0.475. The standard InChI is InChI=1S/C27H35N3O6S2/c1-3-37(32,33)28-19-24-10-7-15-30(24)38(34,35)25-13-11-23(12-14-25)26(18-22-8-5-4-6-9-22)27(31)29-16-17-36-20-21(29)2/h3-6,8-9,11-14,21,24,26,28H,1,7,10,15-20H2,2H3/t21-,24-,26?/m1/s1. The molecule has 11 heteroatoms. The molecule has 2 fully saturated rings. The van der Waals surface area contributed by atoms with Crippen LogP contribution in [0.1, 0.15) is 36.8 Å². The van der Waals surface area contributed by atoms with Crippen molar-refractivity contribution in [3.8, 4) is 0 Å². The molecular formula is C27H35N3O6S2. The molecule has 2 heterocycles. The van der Waals surface area contributed by atoms with E-state index in [9.17, 15) is 21.6 Å². The van der Waals surface area contributed by atoms with Crippen LogP contribution in [0.25, 0.3) is 0 Å². The molecule has 3 atom stereocenters. The van der Waals surface area contributed by atoms with Crippen LogP contribution in [0.15, 0.2) is 71.5 Å². The molecule has 2 aromatic carbocycles. The van der Waals surface area contributed by atoms with Crippen molar-refractivity contribution in [3.05, 3.63) is 77.7 Å². The summed E-state index contributed by atoms with van der Waals surface area (Å²) < 4.78 is 59.8. The van der Waals surface area contributed by atoms with E-state index in [1.54, 1.807) is 24.3 Å². The monoisotopic (exact) mass is 561 g/mol. The van der Waals surface area contributed by atoms with Crippen molar-refractivity contribution in [3.63, 3.8) is 0 Å². The molecule has 206 valence electrons. The summed E-state index contributed by atoms with van der Waals surface area (Å²) in [5, 5.41) is 0.810. The zero-order chi connectivity index (χ0) is 27.3. The van der Waals surface area contributed by atoms with E-state index in [0.717, 1.165) is 16.5 Å². The van der Waals surface area contributed by atoms with Gasteiger partial charge in [-0.05, 0) is 49.4 Å². The van der Waals surface area contributed by atoms with Crippen LogP contribution >= 0.6 is 0 Å². The summed E-state index contributed by atoms with van der Waals surface area (Å²) in [6.45, 7) is 7.03. The summed E-state index contributed by atoms with van der Waals surface area (Å²) in [7, 11) is -7.51. The number of amides is 1. The Morgan fingerprint density at radius 3 is 2.47 bits per heavy atom. The van der Waals surface area contributed by atoms with Crippen molar-refractivity contribution in [1.29, 1.82) is 0 Å². The van der Waals surface area contributed by atoms with Crippen LogP contribution in [-0.2, 0) is 36.0 Å². The number of morpholine rings is 1. The normalized spacial score (nSPS) is 21.8. The van der Waals surface area contributed by atoms with E-state index in [2.05, 4.69) is 11.3 Å². The minimum atomic E-state index is -3.85. The molecule has 1 amide bonds. The van der Waals surface area contributed by atoms with Gasteiger partial charge in [0.25, 0.3) is 0 Å². The smallest absolute Gasteiger partial charge is 0.243 e. The molecular weight excluding hydrogens is 526 g/mol. The Bertz CT molecular complexity index is 1330. The number of sulfonamides is 2. The summed E-state index contributed by atoms with van der Waals surface area (Å²) in [6, 6.07) is 15.8. The summed E-state index contributed by atoms with van der Waals surface area (Å²) >= 11 is 0. The zero-order valence-corrected chi connectivity index (χ0v) is 23.2. The largest absolute Gasteiger partial charge is 0.377 e. The molecule has 38 heavy (non-hydrogen) atoms. The lowest BCUT2D eigenvalue weighted by molar-refractivity contribution is -0.140. The Morgan fingerprint density at radius 1 is 1.11 bits per heavy atom. The Hall–Kier alpha value is -2.57. The second kappa shape index (κ2) is 12.1. The Balaban J connectivity index is 1.57. The third-order valence-corrected chi connectivity index (χ3v) is 10.2. The van der Waals surface area contributed by atoms with Gasteiger partial charge in [0.05, 0.1) is 30.1 Å². The van der Waals surface area contributed by atoms with E-state index < -0.39 is 32.0 Å². The maximum absolute atomic E-state index is 13.7. The van der Waals surface area contributed by atoms with Crippen LogP contribution in [-0.4, -0.2) is 76.9 Å². The van der Waals surface area contributed by atoms with Gasteiger partial charge in [-0.1, -0.05) is 49.0 Å². The van der Waals surface area contributed by atoms with Gasteiger partial charge in [-0.3, -0.25) is 4.79 Å². The molecule has 9 nitrogen and oxygen atoms in total. The Labute approximate surface area is 225 Å². The van der Waals surface area contributed by atoms with Crippen molar-refractivity contribution in [2.75, 3.05) is 32.8 Å². The maximum atomic E-state index is 13.7. The van der Waals surface area contributed by atoms with E-state index in [1.807, 2.05) is 42.2 Å². The predicted molar refractivity (Wildman–Crippen MR) is 145 cm³/mol. The number of hydrogen-bond donors (Lipinski definition) is 1. The van der Waals surface area contributed by atoms with Gasteiger partial charge in [0, 0.05) is 31.1 Å². The van der Waals surface area contributed by atoms with Crippen LogP contribution in [0, 0.1) is 0 Å². The molecule has 0 aromatic heterocycles. The van der Waals surface area contributed by atoms with Crippen LogP contribution in [0.3, 0.4) is 0 Å². The highest BCUT2D eigenvalue weighted by molar-refractivity contribution is 7.92. The van der Waals surface area contributed by atoms with Crippen molar-refractivity contribution < 1.29 is 26.4 Å². The van der Waals surface area contributed by atoms with Crippen LogP contribution < -0.4 is 4.72 Å². The van der Waals surface area contributed by atoms with Crippen molar-refractivity contribution >= 4 is 26.0 Å². The van der Waals surface area contributed by atoms with E-state index in [0.29, 0.717) is 45.6 Å². The second-order valence-corrected chi connectivity index (χ2v) is 13.3. The first kappa shape index (κ1) is 28.4. The van der Waals surface area contributed by atoms with Gasteiger partial charge >= 0.3 is 0 Å². The molecule has 0 spiro atoms. The number of rotatable bonds is 10. The summed E-state index contributed by atoms with van der Waals surface area (Å²) in [4.78, 5) is 15.7. The minimum Gasteiger partial charge on any atom is -0.377 e. The topological polar surface area (TPSA) is 113 Å². The third-order valence-electron chi connectivity index (χ3n) is 7.18. The first-order chi connectivity index (χ1) is 18.1. The minimum absolute atomic E-state index is 0.00521. The maximum Gasteiger partial charge on any atom is 0.243 e.